The number of benzene rings is 2. The van der Waals surface area contributed by atoms with E-state index < -0.39 is 0 Å². The van der Waals surface area contributed by atoms with Crippen molar-refractivity contribution in [3.05, 3.63) is 83.2 Å². The molecule has 2 aromatic heterocycles. The van der Waals surface area contributed by atoms with Crippen molar-refractivity contribution in [2.24, 2.45) is 0 Å². The molecular weight excluding hydrogens is 410 g/mol. The average molecular weight is 442 g/mol. The standard InChI is InChI=1S/C27H31N5O/c1-19-7-6-10-24-26(19)31-27(30-22-13-15-28-16-14-22)32(24)17-23-25(12-11-20(2)29-23)33-18-21-8-4-3-5-9-21/h3-12,22,28H,13-18H2,1-2H3,(H,30,31). The van der Waals surface area contributed by atoms with Crippen LogP contribution in [0.2, 0.25) is 0 Å². The first-order valence-corrected chi connectivity index (χ1v) is 11.7. The van der Waals surface area contributed by atoms with Gasteiger partial charge < -0.3 is 19.9 Å². The third-order valence-electron chi connectivity index (χ3n) is 6.27. The molecule has 3 heterocycles. The highest BCUT2D eigenvalue weighted by Crippen LogP contribution is 2.28. The van der Waals surface area contributed by atoms with Gasteiger partial charge in [-0.05, 0) is 69.1 Å². The summed E-state index contributed by atoms with van der Waals surface area (Å²) in [7, 11) is 0. The summed E-state index contributed by atoms with van der Waals surface area (Å²) in [5.41, 5.74) is 6.36. The second-order valence-electron chi connectivity index (χ2n) is 8.80. The summed E-state index contributed by atoms with van der Waals surface area (Å²) in [5, 5.41) is 7.16. The van der Waals surface area contributed by atoms with Gasteiger partial charge in [0, 0.05) is 11.7 Å². The first-order chi connectivity index (χ1) is 16.2. The van der Waals surface area contributed by atoms with Gasteiger partial charge in [-0.3, -0.25) is 4.98 Å². The SMILES string of the molecule is Cc1ccc(OCc2ccccc2)c(Cn2c(NC3CCNCC3)nc3c(C)cccc32)n1. The van der Waals surface area contributed by atoms with Crippen LogP contribution >= 0.6 is 0 Å². The Morgan fingerprint density at radius 1 is 0.970 bits per heavy atom. The fourth-order valence-corrected chi connectivity index (χ4v) is 4.43. The summed E-state index contributed by atoms with van der Waals surface area (Å²) >= 11 is 0. The number of fused-ring (bicyclic) bond motifs is 1. The zero-order chi connectivity index (χ0) is 22.6. The molecule has 0 bridgehead atoms. The van der Waals surface area contributed by atoms with E-state index in [0.29, 0.717) is 19.2 Å². The highest BCUT2D eigenvalue weighted by atomic mass is 16.5. The van der Waals surface area contributed by atoms with E-state index in [-0.39, 0.29) is 0 Å². The van der Waals surface area contributed by atoms with Crippen LogP contribution in [0.1, 0.15) is 35.4 Å². The molecule has 0 saturated carbocycles. The maximum Gasteiger partial charge on any atom is 0.204 e. The van der Waals surface area contributed by atoms with Crippen molar-refractivity contribution in [2.75, 3.05) is 18.4 Å². The van der Waals surface area contributed by atoms with Gasteiger partial charge in [-0.2, -0.15) is 0 Å². The molecule has 0 spiro atoms. The van der Waals surface area contributed by atoms with Crippen LogP contribution in [0.4, 0.5) is 5.95 Å². The fourth-order valence-electron chi connectivity index (χ4n) is 4.43. The summed E-state index contributed by atoms with van der Waals surface area (Å²) < 4.78 is 8.48. The number of rotatable bonds is 7. The molecule has 2 N–H and O–H groups in total. The molecule has 0 amide bonds. The molecule has 1 aliphatic heterocycles. The monoisotopic (exact) mass is 441 g/mol. The Kier molecular flexibility index (Phi) is 6.26. The van der Waals surface area contributed by atoms with Gasteiger partial charge in [-0.1, -0.05) is 42.5 Å². The predicted octanol–water partition coefficient (Wildman–Crippen LogP) is 4.84. The maximum absolute atomic E-state index is 6.23. The Balaban J connectivity index is 1.48. The molecule has 1 fully saturated rings. The van der Waals surface area contributed by atoms with Crippen LogP contribution in [-0.2, 0) is 13.2 Å². The highest BCUT2D eigenvalue weighted by molar-refractivity contribution is 5.82. The molecule has 0 radical (unpaired) electrons. The summed E-state index contributed by atoms with van der Waals surface area (Å²) in [6.45, 7) is 7.32. The molecule has 33 heavy (non-hydrogen) atoms. The predicted molar refractivity (Wildman–Crippen MR) is 133 cm³/mol. The molecule has 0 aliphatic carbocycles. The van der Waals surface area contributed by atoms with Crippen molar-refractivity contribution in [1.82, 2.24) is 19.9 Å². The number of piperidine rings is 1. The van der Waals surface area contributed by atoms with Gasteiger partial charge in [-0.25, -0.2) is 4.98 Å². The van der Waals surface area contributed by atoms with Crippen LogP contribution < -0.4 is 15.4 Å². The first kappa shape index (κ1) is 21.5. The van der Waals surface area contributed by atoms with Crippen LogP contribution in [0.25, 0.3) is 11.0 Å². The van der Waals surface area contributed by atoms with Crippen molar-refractivity contribution in [1.29, 1.82) is 0 Å². The third-order valence-corrected chi connectivity index (χ3v) is 6.27. The first-order valence-electron chi connectivity index (χ1n) is 11.7. The lowest BCUT2D eigenvalue weighted by molar-refractivity contribution is 0.300. The number of nitrogens with zero attached hydrogens (tertiary/aromatic N) is 3. The molecule has 4 aromatic rings. The van der Waals surface area contributed by atoms with Crippen LogP contribution in [0, 0.1) is 13.8 Å². The van der Waals surface area contributed by atoms with E-state index in [4.69, 9.17) is 14.7 Å². The van der Waals surface area contributed by atoms with E-state index in [2.05, 4.69) is 52.5 Å². The lowest BCUT2D eigenvalue weighted by atomic mass is 10.1. The molecule has 0 unspecified atom stereocenters. The van der Waals surface area contributed by atoms with Gasteiger partial charge in [-0.15, -0.1) is 0 Å². The molecule has 2 aromatic carbocycles. The molecule has 1 saturated heterocycles. The number of imidazole rings is 1. The minimum atomic E-state index is 0.418. The molecule has 0 atom stereocenters. The van der Waals surface area contributed by atoms with E-state index in [1.165, 1.54) is 5.56 Å². The topological polar surface area (TPSA) is 64.0 Å². The summed E-state index contributed by atoms with van der Waals surface area (Å²) in [6.07, 6.45) is 2.19. The minimum Gasteiger partial charge on any atom is -0.487 e. The van der Waals surface area contributed by atoms with Gasteiger partial charge in [0.15, 0.2) is 0 Å². The fraction of sp³-hybridized carbons (Fsp3) is 0.333. The zero-order valence-electron chi connectivity index (χ0n) is 19.3. The molecule has 5 rings (SSSR count). The van der Waals surface area contributed by atoms with Gasteiger partial charge in [0.2, 0.25) is 5.95 Å². The number of aryl methyl sites for hydroxylation is 2. The number of pyridine rings is 1. The van der Waals surface area contributed by atoms with Crippen molar-refractivity contribution in [3.8, 4) is 5.75 Å². The van der Waals surface area contributed by atoms with Crippen LogP contribution in [-0.4, -0.2) is 33.7 Å². The van der Waals surface area contributed by atoms with Crippen molar-refractivity contribution >= 4 is 17.0 Å². The quantitative estimate of drug-likeness (QED) is 0.430. The molecular formula is C27H31N5O. The summed E-state index contributed by atoms with van der Waals surface area (Å²) in [6, 6.07) is 21.1. The van der Waals surface area contributed by atoms with Crippen molar-refractivity contribution < 1.29 is 4.74 Å². The molecule has 170 valence electrons. The van der Waals surface area contributed by atoms with E-state index in [9.17, 15) is 0 Å². The Labute approximate surface area is 195 Å². The van der Waals surface area contributed by atoms with Crippen molar-refractivity contribution in [3.63, 3.8) is 0 Å². The minimum absolute atomic E-state index is 0.418. The van der Waals surface area contributed by atoms with Crippen LogP contribution in [0.3, 0.4) is 0 Å². The van der Waals surface area contributed by atoms with Crippen LogP contribution in [0.5, 0.6) is 5.75 Å². The molecule has 1 aliphatic rings. The summed E-state index contributed by atoms with van der Waals surface area (Å²) in [4.78, 5) is 9.88. The largest absolute Gasteiger partial charge is 0.487 e. The number of anilines is 1. The Bertz CT molecular complexity index is 1230. The number of hydrogen-bond acceptors (Lipinski definition) is 5. The number of hydrogen-bond donors (Lipinski definition) is 2. The molecule has 6 heteroatoms. The number of aromatic nitrogens is 3. The van der Waals surface area contributed by atoms with Crippen molar-refractivity contribution in [2.45, 2.75) is 45.9 Å². The van der Waals surface area contributed by atoms with Gasteiger partial charge in [0.05, 0.1) is 17.6 Å². The van der Waals surface area contributed by atoms with E-state index in [1.54, 1.807) is 0 Å². The van der Waals surface area contributed by atoms with Gasteiger partial charge >= 0.3 is 0 Å². The average Bonchev–Trinajstić information content (AvgIpc) is 3.18. The lowest BCUT2D eigenvalue weighted by Crippen LogP contribution is -2.36. The van der Waals surface area contributed by atoms with E-state index in [0.717, 1.165) is 65.6 Å². The molecule has 6 nitrogen and oxygen atoms in total. The van der Waals surface area contributed by atoms with Crippen LogP contribution in [0.15, 0.2) is 60.7 Å². The van der Waals surface area contributed by atoms with Gasteiger partial charge in [0.25, 0.3) is 0 Å². The summed E-state index contributed by atoms with van der Waals surface area (Å²) in [5.74, 6) is 1.72. The number of nitrogens with one attached hydrogen (secondary N) is 2. The van der Waals surface area contributed by atoms with E-state index in [1.807, 2.05) is 37.3 Å². The second kappa shape index (κ2) is 9.63. The Morgan fingerprint density at radius 3 is 2.61 bits per heavy atom. The highest BCUT2D eigenvalue weighted by Gasteiger charge is 2.20. The Morgan fingerprint density at radius 2 is 1.79 bits per heavy atom. The smallest absolute Gasteiger partial charge is 0.204 e. The lowest BCUT2D eigenvalue weighted by Gasteiger charge is -2.24. The number of ether oxygens (including phenoxy) is 1. The zero-order valence-corrected chi connectivity index (χ0v) is 19.3. The normalized spacial score (nSPS) is 14.5. The second-order valence-corrected chi connectivity index (χ2v) is 8.80. The number of para-hydroxylation sites is 1. The van der Waals surface area contributed by atoms with Gasteiger partial charge in [0.1, 0.15) is 18.1 Å². The maximum atomic E-state index is 6.23. The third kappa shape index (κ3) is 4.86. The Hall–Kier alpha value is -3.38. The van der Waals surface area contributed by atoms with E-state index >= 15 is 0 Å².